The SMILES string of the molecule is CCCC[C@H](N)C(=O)N1CC2CCCN2CC1C. The number of carbonyl (C=O) groups is 1. The summed E-state index contributed by atoms with van der Waals surface area (Å²) in [6, 6.07) is 0.614. The van der Waals surface area contributed by atoms with Crippen LogP contribution >= 0.6 is 0 Å². The maximum atomic E-state index is 12.4. The standard InChI is InChI=1S/C14H27N3O/c1-3-4-7-13(15)14(18)17-10-12-6-5-8-16(12)9-11(17)2/h11-13H,3-10,15H2,1-2H3/t11?,12?,13-/m0/s1. The fourth-order valence-corrected chi connectivity index (χ4v) is 3.25. The molecule has 0 aromatic heterocycles. The minimum atomic E-state index is -0.291. The number of carbonyl (C=O) groups excluding carboxylic acids is 1. The van der Waals surface area contributed by atoms with Gasteiger partial charge in [-0.2, -0.15) is 0 Å². The predicted octanol–water partition coefficient (Wildman–Crippen LogP) is 1.20. The second kappa shape index (κ2) is 6.02. The molecule has 2 aliphatic heterocycles. The Labute approximate surface area is 110 Å². The fourth-order valence-electron chi connectivity index (χ4n) is 3.25. The molecule has 2 rings (SSSR count). The van der Waals surface area contributed by atoms with Gasteiger partial charge in [0.2, 0.25) is 5.91 Å². The molecule has 2 fully saturated rings. The summed E-state index contributed by atoms with van der Waals surface area (Å²) in [5, 5.41) is 0. The molecule has 2 aliphatic rings. The van der Waals surface area contributed by atoms with Gasteiger partial charge in [0, 0.05) is 25.2 Å². The molecule has 0 bridgehead atoms. The zero-order valence-corrected chi connectivity index (χ0v) is 11.8. The van der Waals surface area contributed by atoms with Gasteiger partial charge in [-0.1, -0.05) is 19.8 Å². The lowest BCUT2D eigenvalue weighted by atomic mass is 10.0. The molecule has 4 heteroatoms. The van der Waals surface area contributed by atoms with Crippen molar-refractivity contribution in [3.05, 3.63) is 0 Å². The van der Waals surface area contributed by atoms with E-state index in [1.165, 1.54) is 19.4 Å². The first-order valence-electron chi connectivity index (χ1n) is 7.43. The second-order valence-electron chi connectivity index (χ2n) is 5.88. The average Bonchev–Trinajstić information content (AvgIpc) is 2.81. The number of hydrogen-bond donors (Lipinski definition) is 1. The van der Waals surface area contributed by atoms with Crippen LogP contribution in [-0.4, -0.2) is 53.5 Å². The van der Waals surface area contributed by atoms with Gasteiger partial charge in [0.25, 0.3) is 0 Å². The van der Waals surface area contributed by atoms with Crippen LogP contribution in [-0.2, 0) is 4.79 Å². The van der Waals surface area contributed by atoms with Crippen LogP contribution in [0.1, 0.15) is 46.0 Å². The molecule has 3 atom stereocenters. The first-order valence-corrected chi connectivity index (χ1v) is 7.43. The lowest BCUT2D eigenvalue weighted by Gasteiger charge is -2.43. The minimum Gasteiger partial charge on any atom is -0.336 e. The average molecular weight is 253 g/mol. The molecular weight excluding hydrogens is 226 g/mol. The van der Waals surface area contributed by atoms with E-state index in [2.05, 4.69) is 18.7 Å². The zero-order valence-electron chi connectivity index (χ0n) is 11.8. The van der Waals surface area contributed by atoms with Crippen LogP contribution in [0.5, 0.6) is 0 Å². The van der Waals surface area contributed by atoms with Gasteiger partial charge in [-0.3, -0.25) is 9.69 Å². The summed E-state index contributed by atoms with van der Waals surface area (Å²) in [5.41, 5.74) is 6.03. The Bertz CT molecular complexity index is 295. The molecule has 2 unspecified atom stereocenters. The van der Waals surface area contributed by atoms with E-state index in [-0.39, 0.29) is 11.9 Å². The Balaban J connectivity index is 1.92. The van der Waals surface area contributed by atoms with Crippen LogP contribution in [0.15, 0.2) is 0 Å². The highest BCUT2D eigenvalue weighted by Gasteiger charge is 2.37. The number of hydrogen-bond acceptors (Lipinski definition) is 3. The number of nitrogens with two attached hydrogens (primary N) is 1. The summed E-state index contributed by atoms with van der Waals surface area (Å²) >= 11 is 0. The molecule has 0 radical (unpaired) electrons. The van der Waals surface area contributed by atoms with Crippen LogP contribution < -0.4 is 5.73 Å². The van der Waals surface area contributed by atoms with E-state index in [1.54, 1.807) is 0 Å². The largest absolute Gasteiger partial charge is 0.336 e. The highest BCUT2D eigenvalue weighted by Crippen LogP contribution is 2.25. The summed E-state index contributed by atoms with van der Waals surface area (Å²) < 4.78 is 0. The van der Waals surface area contributed by atoms with E-state index < -0.39 is 0 Å². The quantitative estimate of drug-likeness (QED) is 0.819. The van der Waals surface area contributed by atoms with Gasteiger partial charge in [0.15, 0.2) is 0 Å². The molecule has 0 spiro atoms. The van der Waals surface area contributed by atoms with Crippen LogP contribution in [0.4, 0.5) is 0 Å². The topological polar surface area (TPSA) is 49.6 Å². The maximum Gasteiger partial charge on any atom is 0.239 e. The number of unbranched alkanes of at least 4 members (excludes halogenated alkanes) is 1. The first kappa shape index (κ1) is 13.8. The van der Waals surface area contributed by atoms with Crippen molar-refractivity contribution < 1.29 is 4.79 Å². The van der Waals surface area contributed by atoms with Crippen LogP contribution in [0.25, 0.3) is 0 Å². The number of amides is 1. The van der Waals surface area contributed by atoms with E-state index in [9.17, 15) is 4.79 Å². The molecule has 0 aromatic carbocycles. The number of rotatable bonds is 4. The maximum absolute atomic E-state index is 12.4. The van der Waals surface area contributed by atoms with Gasteiger partial charge < -0.3 is 10.6 Å². The molecule has 104 valence electrons. The number of piperazine rings is 1. The number of fused-ring (bicyclic) bond motifs is 1. The lowest BCUT2D eigenvalue weighted by molar-refractivity contribution is -0.138. The van der Waals surface area contributed by atoms with E-state index in [0.717, 1.165) is 32.4 Å². The van der Waals surface area contributed by atoms with E-state index in [4.69, 9.17) is 5.73 Å². The van der Waals surface area contributed by atoms with Gasteiger partial charge in [-0.15, -0.1) is 0 Å². The summed E-state index contributed by atoms with van der Waals surface area (Å²) in [7, 11) is 0. The molecule has 0 aliphatic carbocycles. The van der Waals surface area contributed by atoms with Crippen molar-refractivity contribution in [2.45, 2.75) is 64.1 Å². The Kier molecular flexibility index (Phi) is 4.62. The lowest BCUT2D eigenvalue weighted by Crippen LogP contribution is -2.59. The molecule has 0 aromatic rings. The molecule has 0 saturated carbocycles. The van der Waals surface area contributed by atoms with Crippen molar-refractivity contribution in [3.8, 4) is 0 Å². The molecule has 4 nitrogen and oxygen atoms in total. The third-order valence-corrected chi connectivity index (χ3v) is 4.41. The molecule has 2 saturated heterocycles. The van der Waals surface area contributed by atoms with Crippen molar-refractivity contribution >= 4 is 5.91 Å². The summed E-state index contributed by atoms with van der Waals surface area (Å²) in [4.78, 5) is 17.0. The third kappa shape index (κ3) is 2.86. The fraction of sp³-hybridized carbons (Fsp3) is 0.929. The Hall–Kier alpha value is -0.610. The molecule has 2 N–H and O–H groups in total. The Morgan fingerprint density at radius 2 is 2.22 bits per heavy atom. The molecule has 18 heavy (non-hydrogen) atoms. The van der Waals surface area contributed by atoms with Gasteiger partial charge in [-0.05, 0) is 32.7 Å². The van der Waals surface area contributed by atoms with Crippen molar-refractivity contribution in [1.29, 1.82) is 0 Å². The predicted molar refractivity (Wildman–Crippen MR) is 73.3 cm³/mol. The van der Waals surface area contributed by atoms with Gasteiger partial charge >= 0.3 is 0 Å². The first-order chi connectivity index (χ1) is 8.63. The van der Waals surface area contributed by atoms with Crippen LogP contribution in [0, 0.1) is 0 Å². The summed E-state index contributed by atoms with van der Waals surface area (Å²) in [5.74, 6) is 0.169. The van der Waals surface area contributed by atoms with Gasteiger partial charge in [0.05, 0.1) is 6.04 Å². The summed E-state index contributed by atoms with van der Waals surface area (Å²) in [6.07, 6.45) is 5.49. The van der Waals surface area contributed by atoms with Crippen LogP contribution in [0.3, 0.4) is 0 Å². The normalized spacial score (nSPS) is 30.3. The van der Waals surface area contributed by atoms with E-state index in [0.29, 0.717) is 12.1 Å². The Morgan fingerprint density at radius 1 is 1.44 bits per heavy atom. The Morgan fingerprint density at radius 3 is 2.94 bits per heavy atom. The monoisotopic (exact) mass is 253 g/mol. The highest BCUT2D eigenvalue weighted by molar-refractivity contribution is 5.82. The van der Waals surface area contributed by atoms with E-state index in [1.807, 2.05) is 4.90 Å². The van der Waals surface area contributed by atoms with E-state index >= 15 is 0 Å². The molecule has 2 heterocycles. The van der Waals surface area contributed by atoms with Crippen molar-refractivity contribution in [1.82, 2.24) is 9.80 Å². The highest BCUT2D eigenvalue weighted by atomic mass is 16.2. The van der Waals surface area contributed by atoms with Crippen molar-refractivity contribution in [2.24, 2.45) is 5.73 Å². The third-order valence-electron chi connectivity index (χ3n) is 4.41. The zero-order chi connectivity index (χ0) is 13.1. The molecular formula is C14H27N3O. The van der Waals surface area contributed by atoms with Crippen molar-refractivity contribution in [3.63, 3.8) is 0 Å². The van der Waals surface area contributed by atoms with Crippen molar-refractivity contribution in [2.75, 3.05) is 19.6 Å². The van der Waals surface area contributed by atoms with Gasteiger partial charge in [-0.25, -0.2) is 0 Å². The second-order valence-corrected chi connectivity index (χ2v) is 5.88. The minimum absolute atomic E-state index is 0.169. The smallest absolute Gasteiger partial charge is 0.239 e. The summed E-state index contributed by atoms with van der Waals surface area (Å²) in [6.45, 7) is 7.41. The molecule has 1 amide bonds. The number of nitrogens with zero attached hydrogens (tertiary/aromatic N) is 2. The van der Waals surface area contributed by atoms with Gasteiger partial charge in [0.1, 0.15) is 0 Å². The van der Waals surface area contributed by atoms with Crippen LogP contribution in [0.2, 0.25) is 0 Å².